The van der Waals surface area contributed by atoms with Gasteiger partial charge >= 0.3 is 6.03 Å². The van der Waals surface area contributed by atoms with Crippen molar-refractivity contribution >= 4 is 6.03 Å². The number of carbonyl (C=O) groups is 1. The monoisotopic (exact) mass is 348 g/mol. The maximum absolute atomic E-state index is 14.0. The van der Waals surface area contributed by atoms with Crippen LogP contribution in [0.5, 0.6) is 5.75 Å². The van der Waals surface area contributed by atoms with Crippen LogP contribution in [-0.4, -0.2) is 47.6 Å². The Balaban J connectivity index is 1.58. The highest BCUT2D eigenvalue weighted by molar-refractivity contribution is 5.74. The van der Waals surface area contributed by atoms with E-state index in [0.29, 0.717) is 44.2 Å². The molecule has 0 saturated carbocycles. The normalized spacial score (nSPS) is 13.8. The van der Waals surface area contributed by atoms with Crippen LogP contribution in [0.25, 0.3) is 0 Å². The molecule has 0 spiro atoms. The Bertz CT molecular complexity index is 734. The summed E-state index contributed by atoms with van der Waals surface area (Å²) in [6.07, 6.45) is 3.57. The molecule has 2 heterocycles. The molecule has 0 saturated heterocycles. The number of rotatable bonds is 5. The molecule has 3 rings (SSSR count). The van der Waals surface area contributed by atoms with Crippen LogP contribution in [0.4, 0.5) is 9.18 Å². The van der Waals surface area contributed by atoms with Gasteiger partial charge in [-0.15, -0.1) is 0 Å². The van der Waals surface area contributed by atoms with Crippen molar-refractivity contribution in [3.63, 3.8) is 0 Å². The number of benzene rings is 1. The van der Waals surface area contributed by atoms with E-state index in [1.165, 1.54) is 6.07 Å². The van der Waals surface area contributed by atoms with Crippen LogP contribution < -0.4 is 10.1 Å². The first-order valence-corrected chi connectivity index (χ1v) is 8.10. The molecule has 8 heteroatoms. The third-order valence-corrected chi connectivity index (χ3v) is 3.99. The highest BCUT2D eigenvalue weighted by atomic mass is 19.1. The second kappa shape index (κ2) is 7.98. The van der Waals surface area contributed by atoms with Crippen LogP contribution >= 0.6 is 0 Å². The summed E-state index contributed by atoms with van der Waals surface area (Å²) >= 11 is 0. The molecular formula is C17H21FN4O3. The van der Waals surface area contributed by atoms with Gasteiger partial charge in [0.2, 0.25) is 0 Å². The summed E-state index contributed by atoms with van der Waals surface area (Å²) in [4.78, 5) is 14.0. The fourth-order valence-electron chi connectivity index (χ4n) is 2.63. The van der Waals surface area contributed by atoms with E-state index >= 15 is 0 Å². The molecule has 0 bridgehead atoms. The minimum Gasteiger partial charge on any atom is -0.491 e. The molecule has 2 aromatic rings. The first-order valence-electron chi connectivity index (χ1n) is 8.10. The van der Waals surface area contributed by atoms with Crippen molar-refractivity contribution in [3.8, 4) is 5.75 Å². The number of nitrogens with one attached hydrogen (secondary N) is 1. The number of hydrogen-bond acceptors (Lipinski definition) is 4. The van der Waals surface area contributed by atoms with Crippen LogP contribution in [-0.2, 0) is 24.4 Å². The minimum atomic E-state index is -0.364. The van der Waals surface area contributed by atoms with Gasteiger partial charge in [0.05, 0.1) is 32.4 Å². The van der Waals surface area contributed by atoms with E-state index in [1.807, 2.05) is 6.20 Å². The predicted molar refractivity (Wildman–Crippen MR) is 88.6 cm³/mol. The SMILES string of the molecule is COCCn1cc(CNC(=O)N2CCOc3cccc(F)c3C2)cn1. The molecule has 0 atom stereocenters. The van der Waals surface area contributed by atoms with Gasteiger partial charge < -0.3 is 19.7 Å². The number of urea groups is 1. The lowest BCUT2D eigenvalue weighted by molar-refractivity contribution is 0.183. The quantitative estimate of drug-likeness (QED) is 0.894. The van der Waals surface area contributed by atoms with Gasteiger partial charge in [0, 0.05) is 31.0 Å². The lowest BCUT2D eigenvalue weighted by Crippen LogP contribution is -2.40. The molecule has 25 heavy (non-hydrogen) atoms. The average molecular weight is 348 g/mol. The third kappa shape index (κ3) is 4.27. The zero-order chi connectivity index (χ0) is 17.6. The average Bonchev–Trinajstić information content (AvgIpc) is 2.95. The molecule has 2 amide bonds. The smallest absolute Gasteiger partial charge is 0.318 e. The fourth-order valence-corrected chi connectivity index (χ4v) is 2.63. The summed E-state index contributed by atoms with van der Waals surface area (Å²) in [5, 5.41) is 7.04. The minimum absolute atomic E-state index is 0.181. The lowest BCUT2D eigenvalue weighted by Gasteiger charge is -2.20. The topological polar surface area (TPSA) is 68.6 Å². The molecule has 0 radical (unpaired) electrons. The first kappa shape index (κ1) is 17.2. The van der Waals surface area contributed by atoms with E-state index < -0.39 is 0 Å². The first-order chi connectivity index (χ1) is 12.2. The van der Waals surface area contributed by atoms with Gasteiger partial charge in [-0.2, -0.15) is 5.10 Å². The molecular weight excluding hydrogens is 327 g/mol. The molecule has 1 aliphatic heterocycles. The van der Waals surface area contributed by atoms with Crippen LogP contribution in [0.2, 0.25) is 0 Å². The van der Waals surface area contributed by atoms with Crippen molar-refractivity contribution < 1.29 is 18.7 Å². The van der Waals surface area contributed by atoms with Crippen molar-refractivity contribution in [2.24, 2.45) is 0 Å². The van der Waals surface area contributed by atoms with Gasteiger partial charge in [0.25, 0.3) is 0 Å². The third-order valence-electron chi connectivity index (χ3n) is 3.99. The Labute approximate surface area is 145 Å². The molecule has 1 aromatic heterocycles. The van der Waals surface area contributed by atoms with E-state index in [9.17, 15) is 9.18 Å². The number of methoxy groups -OCH3 is 1. The van der Waals surface area contributed by atoms with Crippen LogP contribution in [0.3, 0.4) is 0 Å². The molecule has 7 nitrogen and oxygen atoms in total. The predicted octanol–water partition coefficient (Wildman–Crippen LogP) is 1.77. The van der Waals surface area contributed by atoms with E-state index in [0.717, 1.165) is 5.56 Å². The molecule has 0 aliphatic carbocycles. The summed E-state index contributed by atoms with van der Waals surface area (Å²) in [7, 11) is 1.64. The largest absolute Gasteiger partial charge is 0.491 e. The number of amides is 2. The number of halogens is 1. The van der Waals surface area contributed by atoms with E-state index in [4.69, 9.17) is 9.47 Å². The fraction of sp³-hybridized carbons (Fsp3) is 0.412. The number of carbonyl (C=O) groups excluding carboxylic acids is 1. The maximum atomic E-state index is 14.0. The highest BCUT2D eigenvalue weighted by Crippen LogP contribution is 2.25. The van der Waals surface area contributed by atoms with Crippen molar-refractivity contribution in [3.05, 3.63) is 47.5 Å². The van der Waals surface area contributed by atoms with Gasteiger partial charge in [0.1, 0.15) is 18.2 Å². The summed E-state index contributed by atoms with van der Waals surface area (Å²) < 4.78 is 26.3. The van der Waals surface area contributed by atoms with Crippen molar-refractivity contribution in [2.45, 2.75) is 19.6 Å². The Morgan fingerprint density at radius 3 is 3.20 bits per heavy atom. The Morgan fingerprint density at radius 2 is 2.36 bits per heavy atom. The van der Waals surface area contributed by atoms with Crippen molar-refractivity contribution in [1.29, 1.82) is 0 Å². The Hall–Kier alpha value is -2.61. The van der Waals surface area contributed by atoms with Crippen LogP contribution in [0, 0.1) is 5.82 Å². The second-order valence-electron chi connectivity index (χ2n) is 5.75. The van der Waals surface area contributed by atoms with Gasteiger partial charge in [-0.1, -0.05) is 6.07 Å². The molecule has 0 unspecified atom stereocenters. The summed E-state index contributed by atoms with van der Waals surface area (Å²) in [6, 6.07) is 4.43. The number of ether oxygens (including phenoxy) is 2. The van der Waals surface area contributed by atoms with E-state index in [1.54, 1.807) is 35.0 Å². The Kier molecular flexibility index (Phi) is 5.49. The molecule has 1 aromatic carbocycles. The van der Waals surface area contributed by atoms with Gasteiger partial charge in [-0.05, 0) is 12.1 Å². The second-order valence-corrected chi connectivity index (χ2v) is 5.75. The summed E-state index contributed by atoms with van der Waals surface area (Å²) in [5.41, 5.74) is 1.30. The molecule has 1 aliphatic rings. The number of aromatic nitrogens is 2. The zero-order valence-corrected chi connectivity index (χ0v) is 14.1. The number of fused-ring (bicyclic) bond motifs is 1. The number of nitrogens with zero attached hydrogens (tertiary/aromatic N) is 3. The molecule has 0 fully saturated rings. The van der Waals surface area contributed by atoms with Crippen LogP contribution in [0.1, 0.15) is 11.1 Å². The van der Waals surface area contributed by atoms with Crippen LogP contribution in [0.15, 0.2) is 30.6 Å². The van der Waals surface area contributed by atoms with Crippen molar-refractivity contribution in [1.82, 2.24) is 20.0 Å². The molecule has 134 valence electrons. The summed E-state index contributed by atoms with van der Waals surface area (Å²) in [5.74, 6) is 0.131. The molecule has 1 N–H and O–H groups in total. The van der Waals surface area contributed by atoms with Crippen molar-refractivity contribution in [2.75, 3.05) is 26.9 Å². The van der Waals surface area contributed by atoms with E-state index in [-0.39, 0.29) is 18.4 Å². The standard InChI is InChI=1S/C17H21FN4O3/c1-24-7-6-22-11-13(10-20-22)9-19-17(23)21-5-8-25-16-4-2-3-15(18)14(16)12-21/h2-4,10-11H,5-9,12H2,1H3,(H,19,23). The Morgan fingerprint density at radius 1 is 1.48 bits per heavy atom. The summed E-state index contributed by atoms with van der Waals surface area (Å²) in [6.45, 7) is 2.50. The van der Waals surface area contributed by atoms with Gasteiger partial charge in [-0.25, -0.2) is 9.18 Å². The lowest BCUT2D eigenvalue weighted by atomic mass is 10.2. The van der Waals surface area contributed by atoms with Gasteiger partial charge in [0.15, 0.2) is 0 Å². The number of hydrogen-bond donors (Lipinski definition) is 1. The van der Waals surface area contributed by atoms with E-state index in [2.05, 4.69) is 10.4 Å². The zero-order valence-electron chi connectivity index (χ0n) is 14.1. The van der Waals surface area contributed by atoms with Gasteiger partial charge in [-0.3, -0.25) is 4.68 Å². The highest BCUT2D eigenvalue weighted by Gasteiger charge is 2.22. The maximum Gasteiger partial charge on any atom is 0.318 e.